The molecule has 0 saturated carbocycles. The zero-order valence-electron chi connectivity index (χ0n) is 11.9. The van der Waals surface area contributed by atoms with Gasteiger partial charge in [-0.25, -0.2) is 4.39 Å². The van der Waals surface area contributed by atoms with E-state index < -0.39 is 5.82 Å². The molecule has 0 radical (unpaired) electrons. The second-order valence-electron chi connectivity index (χ2n) is 5.07. The lowest BCUT2D eigenvalue weighted by Gasteiger charge is -2.22. The maximum atomic E-state index is 13.3. The second-order valence-corrected chi connectivity index (χ2v) is 5.07. The van der Waals surface area contributed by atoms with Crippen LogP contribution in [0.15, 0.2) is 36.4 Å². The summed E-state index contributed by atoms with van der Waals surface area (Å²) < 4.78 is 13.3. The summed E-state index contributed by atoms with van der Waals surface area (Å²) in [4.78, 5) is 2.10. The molecule has 0 aliphatic rings. The summed E-state index contributed by atoms with van der Waals surface area (Å²) in [6.07, 6.45) is 0. The van der Waals surface area contributed by atoms with Gasteiger partial charge in [-0.3, -0.25) is 0 Å². The van der Waals surface area contributed by atoms with Crippen molar-refractivity contribution < 1.29 is 4.39 Å². The first-order valence-electron chi connectivity index (χ1n) is 6.48. The minimum atomic E-state index is -0.467. The van der Waals surface area contributed by atoms with Crippen molar-refractivity contribution in [1.82, 2.24) is 0 Å². The Morgan fingerprint density at radius 1 is 1.15 bits per heavy atom. The molecule has 0 bridgehead atoms. The van der Waals surface area contributed by atoms with Gasteiger partial charge in [0.25, 0.3) is 0 Å². The lowest BCUT2D eigenvalue weighted by molar-refractivity contribution is 0.623. The van der Waals surface area contributed by atoms with E-state index in [1.807, 2.05) is 13.1 Å². The van der Waals surface area contributed by atoms with Gasteiger partial charge in [-0.15, -0.1) is 0 Å². The molecule has 0 fully saturated rings. The summed E-state index contributed by atoms with van der Waals surface area (Å²) in [7, 11) is 1.99. The van der Waals surface area contributed by atoms with Gasteiger partial charge < -0.3 is 4.90 Å². The summed E-state index contributed by atoms with van der Waals surface area (Å²) in [5.41, 5.74) is 4.59. The Balaban J connectivity index is 2.23. The van der Waals surface area contributed by atoms with E-state index in [4.69, 9.17) is 5.26 Å². The van der Waals surface area contributed by atoms with Crippen LogP contribution in [0.25, 0.3) is 0 Å². The molecule has 0 spiro atoms. The summed E-state index contributed by atoms with van der Waals surface area (Å²) >= 11 is 0. The quantitative estimate of drug-likeness (QED) is 0.842. The van der Waals surface area contributed by atoms with Crippen molar-refractivity contribution in [2.24, 2.45) is 0 Å². The number of anilines is 1. The first-order valence-corrected chi connectivity index (χ1v) is 6.48. The van der Waals surface area contributed by atoms with E-state index in [1.165, 1.54) is 17.2 Å². The van der Waals surface area contributed by atoms with Crippen LogP contribution >= 0.6 is 0 Å². The van der Waals surface area contributed by atoms with Crippen LogP contribution in [-0.2, 0) is 6.54 Å². The maximum absolute atomic E-state index is 13.3. The predicted octanol–water partition coefficient (Wildman–Crippen LogP) is 3.95. The summed E-state index contributed by atoms with van der Waals surface area (Å²) in [6.45, 7) is 4.78. The van der Waals surface area contributed by atoms with Gasteiger partial charge in [0.05, 0.1) is 5.56 Å². The maximum Gasteiger partial charge on any atom is 0.140 e. The Morgan fingerprint density at radius 2 is 1.90 bits per heavy atom. The first-order chi connectivity index (χ1) is 9.51. The zero-order chi connectivity index (χ0) is 14.7. The van der Waals surface area contributed by atoms with Gasteiger partial charge in [0.15, 0.2) is 0 Å². The van der Waals surface area contributed by atoms with Crippen LogP contribution in [0.4, 0.5) is 10.1 Å². The number of halogens is 1. The fourth-order valence-corrected chi connectivity index (χ4v) is 2.35. The number of benzene rings is 2. The van der Waals surface area contributed by atoms with Crippen molar-refractivity contribution in [1.29, 1.82) is 5.26 Å². The largest absolute Gasteiger partial charge is 0.370 e. The Labute approximate surface area is 119 Å². The molecule has 0 atom stereocenters. The number of nitriles is 1. The molecule has 2 nitrogen and oxygen atoms in total. The van der Waals surface area contributed by atoms with Crippen LogP contribution < -0.4 is 4.90 Å². The molecule has 3 heteroatoms. The van der Waals surface area contributed by atoms with Crippen molar-refractivity contribution in [3.63, 3.8) is 0 Å². The molecule has 2 aromatic rings. The fourth-order valence-electron chi connectivity index (χ4n) is 2.35. The molecule has 0 aliphatic carbocycles. The standard InChI is InChI=1S/C17H17FN2/c1-12-4-7-17(13(2)8-12)20(3)11-14-5-6-16(18)15(9-14)10-19/h4-9H,11H2,1-3H3. The Kier molecular flexibility index (Phi) is 4.05. The monoisotopic (exact) mass is 268 g/mol. The van der Waals surface area contributed by atoms with E-state index in [2.05, 4.69) is 36.9 Å². The minimum Gasteiger partial charge on any atom is -0.370 e. The number of hydrogen-bond acceptors (Lipinski definition) is 2. The smallest absolute Gasteiger partial charge is 0.140 e. The zero-order valence-corrected chi connectivity index (χ0v) is 11.9. The van der Waals surface area contributed by atoms with Gasteiger partial charge >= 0.3 is 0 Å². The van der Waals surface area contributed by atoms with E-state index in [-0.39, 0.29) is 5.56 Å². The van der Waals surface area contributed by atoms with Crippen molar-refractivity contribution in [2.75, 3.05) is 11.9 Å². The van der Waals surface area contributed by atoms with E-state index in [1.54, 1.807) is 12.1 Å². The summed E-state index contributed by atoms with van der Waals surface area (Å²) in [5, 5.41) is 8.87. The number of rotatable bonds is 3. The first kappa shape index (κ1) is 14.1. The van der Waals surface area contributed by atoms with Crippen LogP contribution in [0.2, 0.25) is 0 Å². The Morgan fingerprint density at radius 3 is 2.55 bits per heavy atom. The van der Waals surface area contributed by atoms with Crippen molar-refractivity contribution >= 4 is 5.69 Å². The highest BCUT2D eigenvalue weighted by Gasteiger charge is 2.08. The van der Waals surface area contributed by atoms with Gasteiger partial charge in [0.2, 0.25) is 0 Å². The average Bonchev–Trinajstić information content (AvgIpc) is 2.40. The summed E-state index contributed by atoms with van der Waals surface area (Å²) in [5.74, 6) is -0.467. The van der Waals surface area contributed by atoms with E-state index in [9.17, 15) is 4.39 Å². The van der Waals surface area contributed by atoms with Gasteiger partial charge in [-0.2, -0.15) is 5.26 Å². The van der Waals surface area contributed by atoms with Crippen LogP contribution in [0, 0.1) is 31.0 Å². The highest BCUT2D eigenvalue weighted by molar-refractivity contribution is 5.54. The highest BCUT2D eigenvalue weighted by atomic mass is 19.1. The third kappa shape index (κ3) is 2.97. The van der Waals surface area contributed by atoms with Crippen molar-refractivity contribution in [3.05, 3.63) is 64.5 Å². The molecule has 0 saturated heterocycles. The Bertz CT molecular complexity index is 671. The molecule has 0 amide bonds. The van der Waals surface area contributed by atoms with Crippen LogP contribution in [0.1, 0.15) is 22.3 Å². The topological polar surface area (TPSA) is 27.0 Å². The molecule has 0 heterocycles. The second kappa shape index (κ2) is 5.75. The van der Waals surface area contributed by atoms with Gasteiger partial charge in [-0.1, -0.05) is 23.8 Å². The molecule has 0 unspecified atom stereocenters. The Hall–Kier alpha value is -2.34. The van der Waals surface area contributed by atoms with E-state index in [0.717, 1.165) is 11.3 Å². The van der Waals surface area contributed by atoms with Crippen LogP contribution in [0.5, 0.6) is 0 Å². The third-order valence-corrected chi connectivity index (χ3v) is 3.33. The molecular formula is C17H17FN2. The lowest BCUT2D eigenvalue weighted by atomic mass is 10.1. The molecule has 0 aliphatic heterocycles. The number of hydrogen-bond donors (Lipinski definition) is 0. The molecule has 20 heavy (non-hydrogen) atoms. The molecule has 2 aromatic carbocycles. The molecule has 102 valence electrons. The third-order valence-electron chi connectivity index (χ3n) is 3.33. The highest BCUT2D eigenvalue weighted by Crippen LogP contribution is 2.22. The molecular weight excluding hydrogens is 251 g/mol. The van der Waals surface area contributed by atoms with E-state index in [0.29, 0.717) is 6.54 Å². The van der Waals surface area contributed by atoms with Crippen molar-refractivity contribution in [2.45, 2.75) is 20.4 Å². The number of aryl methyl sites for hydroxylation is 2. The SMILES string of the molecule is Cc1ccc(N(C)Cc2ccc(F)c(C#N)c2)c(C)c1. The predicted molar refractivity (Wildman–Crippen MR) is 79.1 cm³/mol. The number of nitrogens with zero attached hydrogens (tertiary/aromatic N) is 2. The minimum absolute atomic E-state index is 0.0940. The summed E-state index contributed by atoms with van der Waals surface area (Å²) in [6, 6.07) is 12.8. The van der Waals surface area contributed by atoms with Gasteiger partial charge in [0.1, 0.15) is 11.9 Å². The van der Waals surface area contributed by atoms with Gasteiger partial charge in [0, 0.05) is 19.3 Å². The normalized spacial score (nSPS) is 10.2. The van der Waals surface area contributed by atoms with E-state index >= 15 is 0 Å². The molecule has 2 rings (SSSR count). The van der Waals surface area contributed by atoms with Crippen LogP contribution in [-0.4, -0.2) is 7.05 Å². The average molecular weight is 268 g/mol. The van der Waals surface area contributed by atoms with Crippen molar-refractivity contribution in [3.8, 4) is 6.07 Å². The molecule has 0 N–H and O–H groups in total. The molecule has 0 aromatic heterocycles. The van der Waals surface area contributed by atoms with Gasteiger partial charge in [-0.05, 0) is 43.2 Å². The van der Waals surface area contributed by atoms with Crippen LogP contribution in [0.3, 0.4) is 0 Å². The fraction of sp³-hybridized carbons (Fsp3) is 0.235. The lowest BCUT2D eigenvalue weighted by Crippen LogP contribution is -2.17.